The van der Waals surface area contributed by atoms with Gasteiger partial charge in [-0.3, -0.25) is 4.68 Å². The number of aromatic nitrogens is 2. The lowest BCUT2D eigenvalue weighted by molar-refractivity contribution is 0.576. The summed E-state index contributed by atoms with van der Waals surface area (Å²) in [5.74, 6) is 0.118. The summed E-state index contributed by atoms with van der Waals surface area (Å²) >= 11 is 0. The number of hydrogen-bond acceptors (Lipinski definition) is 4. The molecule has 1 aromatic heterocycles. The molecule has 0 saturated carbocycles. The zero-order valence-corrected chi connectivity index (χ0v) is 11.6. The second kappa shape index (κ2) is 7.65. The van der Waals surface area contributed by atoms with Crippen LogP contribution in [0.1, 0.15) is 12.6 Å². The highest BCUT2D eigenvalue weighted by Crippen LogP contribution is 1.92. The van der Waals surface area contributed by atoms with E-state index in [4.69, 9.17) is 0 Å². The monoisotopic (exact) mass is 282 g/mol. The Kier molecular flexibility index (Phi) is 7.37. The van der Waals surface area contributed by atoms with Crippen LogP contribution in [0, 0.1) is 0 Å². The van der Waals surface area contributed by atoms with Crippen molar-refractivity contribution in [2.45, 2.75) is 13.5 Å². The molecule has 0 spiro atoms. The third kappa shape index (κ3) is 6.62. The topological polar surface area (TPSA) is 76.0 Å². The third-order valence-corrected chi connectivity index (χ3v) is 3.48. The van der Waals surface area contributed by atoms with Crippen molar-refractivity contribution in [2.24, 2.45) is 7.05 Å². The fraction of sp³-hybridized carbons (Fsp3) is 0.667. The average molecular weight is 283 g/mol. The molecule has 17 heavy (non-hydrogen) atoms. The molecule has 8 heteroatoms. The Morgan fingerprint density at radius 3 is 2.65 bits per heavy atom. The lowest BCUT2D eigenvalue weighted by Gasteiger charge is -2.04. The molecule has 1 rings (SSSR count). The zero-order chi connectivity index (χ0) is 12.0. The van der Waals surface area contributed by atoms with Gasteiger partial charge in [-0.25, -0.2) is 13.1 Å². The van der Waals surface area contributed by atoms with Gasteiger partial charge in [0.05, 0.1) is 11.4 Å². The van der Waals surface area contributed by atoms with Crippen LogP contribution in [0.15, 0.2) is 12.3 Å². The van der Waals surface area contributed by atoms with Crippen molar-refractivity contribution in [3.63, 3.8) is 0 Å². The van der Waals surface area contributed by atoms with Crippen molar-refractivity contribution in [3.8, 4) is 0 Å². The largest absolute Gasteiger partial charge is 0.310 e. The van der Waals surface area contributed by atoms with Gasteiger partial charge in [-0.1, -0.05) is 0 Å². The van der Waals surface area contributed by atoms with Crippen LogP contribution in [0.4, 0.5) is 0 Å². The minimum Gasteiger partial charge on any atom is -0.310 e. The van der Waals surface area contributed by atoms with E-state index in [0.29, 0.717) is 19.6 Å². The van der Waals surface area contributed by atoms with E-state index >= 15 is 0 Å². The Hall–Kier alpha value is -0.630. The number of hydrogen-bond donors (Lipinski definition) is 2. The molecule has 100 valence electrons. The Morgan fingerprint density at radius 1 is 1.41 bits per heavy atom. The Morgan fingerprint density at radius 2 is 2.12 bits per heavy atom. The molecule has 0 radical (unpaired) electrons. The van der Waals surface area contributed by atoms with E-state index in [1.54, 1.807) is 11.6 Å². The summed E-state index contributed by atoms with van der Waals surface area (Å²) in [7, 11) is -1.21. The van der Waals surface area contributed by atoms with Crippen molar-refractivity contribution in [1.29, 1.82) is 0 Å². The maximum atomic E-state index is 11.1. The first kappa shape index (κ1) is 16.4. The summed E-state index contributed by atoms with van der Waals surface area (Å²) in [5.41, 5.74) is 0.945. The predicted octanol–water partition coefficient (Wildman–Crippen LogP) is -0.129. The summed E-state index contributed by atoms with van der Waals surface area (Å²) < 4.78 is 26.4. The molecule has 2 N–H and O–H groups in total. The van der Waals surface area contributed by atoms with Crippen molar-refractivity contribution in [3.05, 3.63) is 18.0 Å². The van der Waals surface area contributed by atoms with Crippen LogP contribution in [0.25, 0.3) is 0 Å². The van der Waals surface area contributed by atoms with Gasteiger partial charge in [0.25, 0.3) is 0 Å². The molecule has 0 fully saturated rings. The number of nitrogens with zero attached hydrogens (tertiary/aromatic N) is 2. The van der Waals surface area contributed by atoms with Gasteiger partial charge in [0.2, 0.25) is 10.0 Å². The highest BCUT2D eigenvalue weighted by Gasteiger charge is 2.04. The van der Waals surface area contributed by atoms with Crippen LogP contribution in [-0.2, 0) is 23.6 Å². The first-order valence-corrected chi connectivity index (χ1v) is 6.85. The van der Waals surface area contributed by atoms with Gasteiger partial charge in [0.1, 0.15) is 0 Å². The number of nitrogens with one attached hydrogen (secondary N) is 2. The van der Waals surface area contributed by atoms with Crippen LogP contribution in [0.3, 0.4) is 0 Å². The van der Waals surface area contributed by atoms with Gasteiger partial charge in [0, 0.05) is 32.9 Å². The highest BCUT2D eigenvalue weighted by molar-refractivity contribution is 7.89. The maximum absolute atomic E-state index is 11.1. The van der Waals surface area contributed by atoms with E-state index in [1.807, 2.05) is 19.3 Å². The molecule has 0 bridgehead atoms. The van der Waals surface area contributed by atoms with Crippen molar-refractivity contribution in [1.82, 2.24) is 19.8 Å². The Bertz CT molecular complexity index is 418. The standard InChI is InChI=1S/C9H18N4O2S.ClH/c1-3-16(14,15)11-6-5-10-8-9-4-7-13(2)12-9;/h4,7,10-11H,3,5-6,8H2,1-2H3;1H. The molecule has 0 aliphatic heterocycles. The van der Waals surface area contributed by atoms with Crippen molar-refractivity contribution in [2.75, 3.05) is 18.8 Å². The average Bonchev–Trinajstić information content (AvgIpc) is 2.64. The summed E-state index contributed by atoms with van der Waals surface area (Å²) in [6.45, 7) is 3.26. The number of aryl methyl sites for hydroxylation is 1. The molecule has 0 aliphatic rings. The van der Waals surface area contributed by atoms with Crippen molar-refractivity contribution < 1.29 is 8.42 Å². The third-order valence-electron chi connectivity index (χ3n) is 2.08. The highest BCUT2D eigenvalue weighted by atomic mass is 35.5. The second-order valence-electron chi connectivity index (χ2n) is 3.46. The molecule has 0 aromatic carbocycles. The van der Waals surface area contributed by atoms with Crippen LogP contribution in [0.5, 0.6) is 0 Å². The summed E-state index contributed by atoms with van der Waals surface area (Å²) in [6, 6.07) is 1.92. The van der Waals surface area contributed by atoms with Gasteiger partial charge in [-0.2, -0.15) is 5.10 Å². The first-order chi connectivity index (χ1) is 7.53. The molecule has 0 atom stereocenters. The van der Waals surface area contributed by atoms with Gasteiger partial charge < -0.3 is 5.32 Å². The number of halogens is 1. The maximum Gasteiger partial charge on any atom is 0.211 e. The van der Waals surface area contributed by atoms with Gasteiger partial charge in [-0.15, -0.1) is 12.4 Å². The molecule has 0 amide bonds. The lowest BCUT2D eigenvalue weighted by Crippen LogP contribution is -2.32. The Balaban J connectivity index is 0.00000256. The van der Waals surface area contributed by atoms with E-state index < -0.39 is 10.0 Å². The molecule has 0 aliphatic carbocycles. The molecule has 0 unspecified atom stereocenters. The van der Waals surface area contributed by atoms with E-state index in [0.717, 1.165) is 5.69 Å². The van der Waals surface area contributed by atoms with Gasteiger partial charge in [-0.05, 0) is 13.0 Å². The molecular formula is C9H19ClN4O2S. The summed E-state index contributed by atoms with van der Waals surface area (Å²) in [5, 5.41) is 7.30. The minimum absolute atomic E-state index is 0. The second-order valence-corrected chi connectivity index (χ2v) is 5.55. The minimum atomic E-state index is -3.07. The van der Waals surface area contributed by atoms with E-state index in [1.165, 1.54) is 0 Å². The number of rotatable bonds is 7. The quantitative estimate of drug-likeness (QED) is 0.683. The van der Waals surface area contributed by atoms with Crippen LogP contribution >= 0.6 is 12.4 Å². The lowest BCUT2D eigenvalue weighted by atomic mass is 10.4. The van der Waals surface area contributed by atoms with Crippen LogP contribution in [-0.4, -0.2) is 37.0 Å². The molecule has 0 saturated heterocycles. The summed E-state index contributed by atoms with van der Waals surface area (Å²) in [4.78, 5) is 0. The van der Waals surface area contributed by atoms with E-state index in [9.17, 15) is 8.42 Å². The van der Waals surface area contributed by atoms with Crippen LogP contribution in [0.2, 0.25) is 0 Å². The SMILES string of the molecule is CCS(=O)(=O)NCCNCc1ccn(C)n1.Cl. The number of sulfonamides is 1. The fourth-order valence-corrected chi connectivity index (χ4v) is 1.79. The molecule has 1 aromatic rings. The summed E-state index contributed by atoms with van der Waals surface area (Å²) in [6.07, 6.45) is 1.87. The molecule has 1 heterocycles. The van der Waals surface area contributed by atoms with Crippen molar-refractivity contribution >= 4 is 22.4 Å². The van der Waals surface area contributed by atoms with E-state index in [-0.39, 0.29) is 18.2 Å². The molecule has 6 nitrogen and oxygen atoms in total. The van der Waals surface area contributed by atoms with Crippen LogP contribution < -0.4 is 10.0 Å². The normalized spacial score (nSPS) is 11.2. The van der Waals surface area contributed by atoms with E-state index in [2.05, 4.69) is 15.1 Å². The Labute approximate surface area is 108 Å². The first-order valence-electron chi connectivity index (χ1n) is 5.20. The fourth-order valence-electron chi connectivity index (χ4n) is 1.17. The molecular weight excluding hydrogens is 264 g/mol. The van der Waals surface area contributed by atoms with Gasteiger partial charge >= 0.3 is 0 Å². The predicted molar refractivity (Wildman–Crippen MR) is 69.6 cm³/mol. The smallest absolute Gasteiger partial charge is 0.211 e. The van der Waals surface area contributed by atoms with Gasteiger partial charge in [0.15, 0.2) is 0 Å². The zero-order valence-electron chi connectivity index (χ0n) is 10.0.